The molecule has 6 nitrogen and oxygen atoms in total. The highest BCUT2D eigenvalue weighted by Crippen LogP contribution is 2.43. The summed E-state index contributed by atoms with van der Waals surface area (Å²) in [7, 11) is 0. The minimum absolute atomic E-state index is 0.0000545. The van der Waals surface area contributed by atoms with E-state index in [1.807, 2.05) is 30.3 Å². The van der Waals surface area contributed by atoms with Crippen LogP contribution in [-0.2, 0) is 23.8 Å². The van der Waals surface area contributed by atoms with E-state index in [-0.39, 0.29) is 34.7 Å². The first-order chi connectivity index (χ1) is 15.8. The number of nitrogens with one attached hydrogen (secondary N) is 1. The quantitative estimate of drug-likeness (QED) is 0.509. The molecule has 2 heterocycles. The molecule has 1 atom stereocenters. The lowest BCUT2D eigenvalue weighted by atomic mass is 9.79. The van der Waals surface area contributed by atoms with Crippen LogP contribution in [0.15, 0.2) is 46.0 Å². The Morgan fingerprint density at radius 1 is 1.30 bits per heavy atom. The predicted molar refractivity (Wildman–Crippen MR) is 116 cm³/mol. The van der Waals surface area contributed by atoms with Crippen molar-refractivity contribution in [2.24, 2.45) is 0 Å². The Hall–Kier alpha value is -3.32. The van der Waals surface area contributed by atoms with E-state index in [1.54, 1.807) is 13.0 Å². The average Bonchev–Trinajstić information content (AvgIpc) is 3.20. The van der Waals surface area contributed by atoms with Gasteiger partial charge in [0.25, 0.3) is 0 Å². The van der Waals surface area contributed by atoms with Gasteiger partial charge in [0.15, 0.2) is 0 Å². The molecule has 0 radical (unpaired) electrons. The summed E-state index contributed by atoms with van der Waals surface area (Å²) in [5, 5.41) is 12.0. The molecule has 10 heteroatoms. The van der Waals surface area contributed by atoms with E-state index < -0.39 is 23.2 Å². The summed E-state index contributed by atoms with van der Waals surface area (Å²) in [6.45, 7) is 1.69. The van der Waals surface area contributed by atoms with E-state index in [2.05, 4.69) is 15.3 Å². The van der Waals surface area contributed by atoms with Crippen molar-refractivity contribution >= 4 is 23.7 Å². The highest BCUT2D eigenvalue weighted by molar-refractivity contribution is 8.00. The predicted octanol–water partition coefficient (Wildman–Crippen LogP) is 5.27. The van der Waals surface area contributed by atoms with Gasteiger partial charge in [-0.3, -0.25) is 10.1 Å². The fraction of sp³-hybridized carbons (Fsp3) is 0.304. The van der Waals surface area contributed by atoms with Gasteiger partial charge in [-0.1, -0.05) is 42.1 Å². The SMILES string of the molecule is Cc1coc(NC(=O)CSc2nc3c(c(C(F)(F)F)c2C#N)C[C@H](c2ccccc2)CC3)n1. The third-order valence-corrected chi connectivity index (χ3v) is 6.38. The van der Waals surface area contributed by atoms with E-state index in [9.17, 15) is 23.2 Å². The molecule has 1 aromatic carbocycles. The Bertz CT molecular complexity index is 1220. The number of carbonyl (C=O) groups excluding carboxylic acids is 1. The van der Waals surface area contributed by atoms with E-state index >= 15 is 0 Å². The van der Waals surface area contributed by atoms with Crippen molar-refractivity contribution in [2.45, 2.75) is 43.3 Å². The number of benzene rings is 1. The van der Waals surface area contributed by atoms with Crippen molar-refractivity contribution in [1.82, 2.24) is 9.97 Å². The summed E-state index contributed by atoms with van der Waals surface area (Å²) < 4.78 is 47.4. The molecule has 1 aliphatic carbocycles. The summed E-state index contributed by atoms with van der Waals surface area (Å²) in [5.41, 5.74) is 0.459. The maximum absolute atomic E-state index is 14.1. The monoisotopic (exact) mass is 472 g/mol. The van der Waals surface area contributed by atoms with Gasteiger partial charge in [-0.25, -0.2) is 4.98 Å². The number of nitriles is 1. The number of carbonyl (C=O) groups is 1. The maximum Gasteiger partial charge on any atom is 0.418 e. The number of thioether (sulfide) groups is 1. The number of halogens is 3. The summed E-state index contributed by atoms with van der Waals surface area (Å²) in [5.74, 6) is -0.851. The molecule has 0 bridgehead atoms. The van der Waals surface area contributed by atoms with E-state index in [4.69, 9.17) is 4.42 Å². The molecule has 0 aliphatic heterocycles. The van der Waals surface area contributed by atoms with Gasteiger partial charge in [0.2, 0.25) is 5.91 Å². The normalized spacial score (nSPS) is 15.5. The summed E-state index contributed by atoms with van der Waals surface area (Å²) in [6.07, 6.45) is -2.19. The molecule has 2 aromatic heterocycles. The number of anilines is 1. The van der Waals surface area contributed by atoms with Crippen LogP contribution in [0.25, 0.3) is 0 Å². The van der Waals surface area contributed by atoms with Gasteiger partial charge < -0.3 is 4.42 Å². The van der Waals surface area contributed by atoms with E-state index in [1.165, 1.54) is 6.26 Å². The number of nitrogens with zero attached hydrogens (tertiary/aromatic N) is 3. The van der Waals surface area contributed by atoms with Crippen LogP contribution in [0.2, 0.25) is 0 Å². The zero-order chi connectivity index (χ0) is 23.6. The van der Waals surface area contributed by atoms with Crippen LogP contribution in [0.1, 0.15) is 46.0 Å². The first-order valence-electron chi connectivity index (χ1n) is 10.2. The van der Waals surface area contributed by atoms with Crippen LogP contribution >= 0.6 is 11.8 Å². The molecule has 0 saturated carbocycles. The highest BCUT2D eigenvalue weighted by atomic mass is 32.2. The second-order valence-electron chi connectivity index (χ2n) is 7.68. The number of aryl methyl sites for hydroxylation is 2. The molecule has 4 rings (SSSR count). The van der Waals surface area contributed by atoms with Crippen LogP contribution in [0.5, 0.6) is 0 Å². The number of fused-ring (bicyclic) bond motifs is 1. The van der Waals surface area contributed by atoms with Gasteiger partial charge in [0.1, 0.15) is 17.4 Å². The Labute approximate surface area is 192 Å². The number of hydrogen-bond donors (Lipinski definition) is 1. The van der Waals surface area contributed by atoms with Gasteiger partial charge in [0.05, 0.1) is 22.6 Å². The molecule has 3 aromatic rings. The number of oxazole rings is 1. The summed E-state index contributed by atoms with van der Waals surface area (Å²) in [6, 6.07) is 11.1. The largest absolute Gasteiger partial charge is 0.432 e. The van der Waals surface area contributed by atoms with Gasteiger partial charge >= 0.3 is 12.2 Å². The fourth-order valence-electron chi connectivity index (χ4n) is 3.97. The lowest BCUT2D eigenvalue weighted by Gasteiger charge is -2.28. The molecular weight excluding hydrogens is 453 g/mol. The standard InChI is InChI=1S/C23H19F3N4O2S/c1-13-11-32-22(28-13)30-19(31)12-33-21-17(10-27)20(23(24,25)26)16-9-15(7-8-18(16)29-21)14-5-3-2-4-6-14/h2-6,11,15H,7-9,12H2,1H3,(H,28,30,31)/t15-/m1/s1. The van der Waals surface area contributed by atoms with Crippen molar-refractivity contribution in [3.8, 4) is 6.07 Å². The second kappa shape index (κ2) is 9.27. The highest BCUT2D eigenvalue weighted by Gasteiger charge is 2.41. The number of amides is 1. The smallest absolute Gasteiger partial charge is 0.418 e. The molecular formula is C23H19F3N4O2S. The van der Waals surface area contributed by atoms with Crippen molar-refractivity contribution < 1.29 is 22.4 Å². The molecule has 0 spiro atoms. The van der Waals surface area contributed by atoms with Crippen LogP contribution in [0.4, 0.5) is 19.2 Å². The molecule has 170 valence electrons. The molecule has 1 aliphatic rings. The van der Waals surface area contributed by atoms with Crippen molar-refractivity contribution in [3.63, 3.8) is 0 Å². The van der Waals surface area contributed by atoms with E-state index in [0.29, 0.717) is 24.2 Å². The lowest BCUT2D eigenvalue weighted by molar-refractivity contribution is -0.138. The Kier molecular flexibility index (Phi) is 6.42. The molecule has 0 saturated heterocycles. The minimum atomic E-state index is -4.72. The Balaban J connectivity index is 1.63. The van der Waals surface area contributed by atoms with Crippen molar-refractivity contribution in [2.75, 3.05) is 11.1 Å². The lowest BCUT2D eigenvalue weighted by Crippen LogP contribution is -2.23. The minimum Gasteiger partial charge on any atom is -0.432 e. The molecule has 1 amide bonds. The Morgan fingerprint density at radius 3 is 2.70 bits per heavy atom. The van der Waals surface area contributed by atoms with Crippen molar-refractivity contribution in [1.29, 1.82) is 5.26 Å². The first kappa shape index (κ1) is 22.9. The third kappa shape index (κ3) is 5.03. The Morgan fingerprint density at radius 2 is 2.06 bits per heavy atom. The molecule has 33 heavy (non-hydrogen) atoms. The maximum atomic E-state index is 14.1. The van der Waals surface area contributed by atoms with Crippen molar-refractivity contribution in [3.05, 3.63) is 70.2 Å². The first-order valence-corrected chi connectivity index (χ1v) is 11.2. The number of pyridine rings is 1. The topological polar surface area (TPSA) is 91.8 Å². The number of aromatic nitrogens is 2. The van der Waals surface area contributed by atoms with Gasteiger partial charge in [-0.2, -0.15) is 23.4 Å². The van der Waals surface area contributed by atoms with Gasteiger partial charge in [-0.05, 0) is 43.2 Å². The molecule has 1 N–H and O–H groups in total. The average molecular weight is 472 g/mol. The van der Waals surface area contributed by atoms with Gasteiger partial charge in [0, 0.05) is 5.69 Å². The van der Waals surface area contributed by atoms with E-state index in [0.717, 1.165) is 17.3 Å². The number of alkyl halides is 3. The number of hydrogen-bond acceptors (Lipinski definition) is 6. The van der Waals surface area contributed by atoms with Crippen LogP contribution in [0, 0.1) is 18.3 Å². The zero-order valence-corrected chi connectivity index (χ0v) is 18.4. The van der Waals surface area contributed by atoms with Crippen LogP contribution in [-0.4, -0.2) is 21.6 Å². The second-order valence-corrected chi connectivity index (χ2v) is 8.65. The van der Waals surface area contributed by atoms with Crippen LogP contribution < -0.4 is 5.32 Å². The van der Waals surface area contributed by atoms with Crippen LogP contribution in [0.3, 0.4) is 0 Å². The number of rotatable bonds is 5. The molecule has 0 unspecified atom stereocenters. The third-order valence-electron chi connectivity index (χ3n) is 5.40. The molecule has 0 fully saturated rings. The summed E-state index contributed by atoms with van der Waals surface area (Å²) >= 11 is 0.791. The summed E-state index contributed by atoms with van der Waals surface area (Å²) in [4.78, 5) is 20.5. The fourth-order valence-corrected chi connectivity index (χ4v) is 4.77. The zero-order valence-electron chi connectivity index (χ0n) is 17.6. The van der Waals surface area contributed by atoms with Gasteiger partial charge in [-0.15, -0.1) is 0 Å².